The number of hydrogen-bond donors (Lipinski definition) is 1. The number of rotatable bonds is 8. The van der Waals surface area contributed by atoms with E-state index in [2.05, 4.69) is 36.5 Å². The van der Waals surface area contributed by atoms with Gasteiger partial charge in [-0.1, -0.05) is 59.6 Å². The molecule has 0 spiro atoms. The molecule has 0 aromatic heterocycles. The van der Waals surface area contributed by atoms with Crippen molar-refractivity contribution in [2.24, 2.45) is 0 Å². The molecule has 3 rings (SSSR count). The van der Waals surface area contributed by atoms with Crippen LogP contribution in [0.4, 0.5) is 5.69 Å². The summed E-state index contributed by atoms with van der Waals surface area (Å²) in [5, 5.41) is 4.03. The number of nitrogens with one attached hydrogen (secondary N) is 1. The van der Waals surface area contributed by atoms with Gasteiger partial charge in [-0.05, 0) is 43.2 Å². The molecular weight excluding hydrogens is 358 g/mol. The monoisotopic (exact) mass is 381 g/mol. The third kappa shape index (κ3) is 5.41. The summed E-state index contributed by atoms with van der Waals surface area (Å²) in [6.07, 6.45) is 0. The Morgan fingerprint density at radius 2 is 1.59 bits per heavy atom. The van der Waals surface area contributed by atoms with Gasteiger partial charge in [0.25, 0.3) is 0 Å². The van der Waals surface area contributed by atoms with E-state index in [1.54, 1.807) is 0 Å². The summed E-state index contributed by atoms with van der Waals surface area (Å²) in [4.78, 5) is 0. The minimum absolute atomic E-state index is 0.471. The zero-order valence-corrected chi connectivity index (χ0v) is 16.4. The van der Waals surface area contributed by atoms with Crippen molar-refractivity contribution in [1.82, 2.24) is 0 Å². The smallest absolute Gasteiger partial charge is 0.163 e. The molecule has 0 heterocycles. The second-order valence-corrected chi connectivity index (χ2v) is 6.72. The van der Waals surface area contributed by atoms with Crippen LogP contribution in [0, 0.1) is 6.92 Å². The summed E-state index contributed by atoms with van der Waals surface area (Å²) in [6.45, 7) is 5.67. The first-order valence-electron chi connectivity index (χ1n) is 9.08. The number of benzene rings is 3. The van der Waals surface area contributed by atoms with Gasteiger partial charge in [0, 0.05) is 23.3 Å². The van der Waals surface area contributed by atoms with Gasteiger partial charge in [0.05, 0.1) is 6.61 Å². The van der Waals surface area contributed by atoms with Crippen LogP contribution in [0.2, 0.25) is 5.02 Å². The van der Waals surface area contributed by atoms with Gasteiger partial charge in [-0.15, -0.1) is 0 Å². The molecule has 3 aromatic rings. The molecule has 0 fully saturated rings. The first-order valence-corrected chi connectivity index (χ1v) is 9.46. The standard InChI is InChI=1S/C23H24ClNO2/c1-3-26-22-13-19(15-25-20-7-5-4-6-8-20)21(24)14-23(22)27-16-18-11-9-17(2)10-12-18/h4-14,25H,3,15-16H2,1-2H3. The highest BCUT2D eigenvalue weighted by molar-refractivity contribution is 6.31. The third-order valence-corrected chi connectivity index (χ3v) is 4.54. The van der Waals surface area contributed by atoms with Crippen LogP contribution in [0.25, 0.3) is 0 Å². The molecule has 1 N–H and O–H groups in total. The molecule has 0 bridgehead atoms. The van der Waals surface area contributed by atoms with Gasteiger partial charge in [-0.25, -0.2) is 0 Å². The van der Waals surface area contributed by atoms with Crippen molar-refractivity contribution in [1.29, 1.82) is 0 Å². The highest BCUT2D eigenvalue weighted by Gasteiger charge is 2.12. The third-order valence-electron chi connectivity index (χ3n) is 4.18. The maximum atomic E-state index is 6.49. The molecule has 0 aliphatic heterocycles. The molecule has 3 aromatic carbocycles. The molecule has 4 heteroatoms. The van der Waals surface area contributed by atoms with E-state index in [9.17, 15) is 0 Å². The van der Waals surface area contributed by atoms with Gasteiger partial charge in [-0.3, -0.25) is 0 Å². The maximum Gasteiger partial charge on any atom is 0.163 e. The fourth-order valence-corrected chi connectivity index (χ4v) is 2.91. The van der Waals surface area contributed by atoms with Crippen LogP contribution in [0.3, 0.4) is 0 Å². The topological polar surface area (TPSA) is 30.5 Å². The van der Waals surface area contributed by atoms with Gasteiger partial charge >= 0.3 is 0 Å². The average Bonchev–Trinajstić information content (AvgIpc) is 2.69. The summed E-state index contributed by atoms with van der Waals surface area (Å²) in [5.41, 5.74) is 4.35. The van der Waals surface area contributed by atoms with Gasteiger partial charge in [-0.2, -0.15) is 0 Å². The molecule has 0 radical (unpaired) electrons. The van der Waals surface area contributed by atoms with E-state index in [1.807, 2.05) is 49.4 Å². The SMILES string of the molecule is CCOc1cc(CNc2ccccc2)c(Cl)cc1OCc1ccc(C)cc1. The summed E-state index contributed by atoms with van der Waals surface area (Å²) in [7, 11) is 0. The minimum Gasteiger partial charge on any atom is -0.490 e. The van der Waals surface area contributed by atoms with E-state index in [1.165, 1.54) is 5.56 Å². The second-order valence-electron chi connectivity index (χ2n) is 6.32. The summed E-state index contributed by atoms with van der Waals surface area (Å²) < 4.78 is 11.8. The lowest BCUT2D eigenvalue weighted by atomic mass is 10.1. The van der Waals surface area contributed by atoms with Crippen LogP contribution in [0.1, 0.15) is 23.6 Å². The number of aryl methyl sites for hydroxylation is 1. The van der Waals surface area contributed by atoms with Crippen LogP contribution in [-0.4, -0.2) is 6.61 Å². The summed E-state index contributed by atoms with van der Waals surface area (Å²) in [6, 6.07) is 22.1. The zero-order valence-electron chi connectivity index (χ0n) is 15.7. The van der Waals surface area contributed by atoms with Crippen LogP contribution >= 0.6 is 11.6 Å². The molecule has 0 aliphatic rings. The molecule has 0 saturated carbocycles. The number of para-hydroxylation sites is 1. The average molecular weight is 382 g/mol. The first-order chi connectivity index (χ1) is 13.2. The van der Waals surface area contributed by atoms with Crippen molar-refractivity contribution < 1.29 is 9.47 Å². The van der Waals surface area contributed by atoms with Crippen molar-refractivity contribution in [3.8, 4) is 11.5 Å². The van der Waals surface area contributed by atoms with Crippen molar-refractivity contribution in [3.05, 3.63) is 88.4 Å². The molecule has 0 atom stereocenters. The maximum absolute atomic E-state index is 6.49. The Labute approximate surface area is 165 Å². The van der Waals surface area contributed by atoms with Crippen molar-refractivity contribution in [2.75, 3.05) is 11.9 Å². The Balaban J connectivity index is 1.73. The molecule has 0 amide bonds. The first kappa shape index (κ1) is 19.1. The molecule has 0 saturated heterocycles. The number of anilines is 1. The Morgan fingerprint density at radius 3 is 2.30 bits per heavy atom. The second kappa shape index (κ2) is 9.33. The highest BCUT2D eigenvalue weighted by atomic mass is 35.5. The lowest BCUT2D eigenvalue weighted by Gasteiger charge is -2.16. The van der Waals surface area contributed by atoms with Crippen LogP contribution in [0.5, 0.6) is 11.5 Å². The molecular formula is C23H24ClNO2. The fourth-order valence-electron chi connectivity index (χ4n) is 2.69. The summed E-state index contributed by atoms with van der Waals surface area (Å²) in [5.74, 6) is 1.37. The zero-order chi connectivity index (χ0) is 19.1. The predicted octanol–water partition coefficient (Wildman–Crippen LogP) is 6.24. The molecule has 0 unspecified atom stereocenters. The van der Waals surface area contributed by atoms with Gasteiger partial charge < -0.3 is 14.8 Å². The van der Waals surface area contributed by atoms with E-state index in [4.69, 9.17) is 21.1 Å². The molecule has 3 nitrogen and oxygen atoms in total. The Kier molecular flexibility index (Phi) is 6.61. The van der Waals surface area contributed by atoms with Crippen LogP contribution in [-0.2, 0) is 13.2 Å². The normalized spacial score (nSPS) is 10.5. The van der Waals surface area contributed by atoms with Crippen molar-refractivity contribution in [3.63, 3.8) is 0 Å². The van der Waals surface area contributed by atoms with Gasteiger partial charge in [0.2, 0.25) is 0 Å². The van der Waals surface area contributed by atoms with E-state index >= 15 is 0 Å². The predicted molar refractivity (Wildman–Crippen MR) is 112 cm³/mol. The Morgan fingerprint density at radius 1 is 0.889 bits per heavy atom. The molecule has 140 valence electrons. The van der Waals surface area contributed by atoms with Gasteiger partial charge in [0.15, 0.2) is 11.5 Å². The number of hydrogen-bond acceptors (Lipinski definition) is 3. The molecule has 27 heavy (non-hydrogen) atoms. The minimum atomic E-state index is 0.471. The van der Waals surface area contributed by atoms with E-state index < -0.39 is 0 Å². The van der Waals surface area contributed by atoms with E-state index in [0.29, 0.717) is 36.3 Å². The van der Waals surface area contributed by atoms with E-state index in [-0.39, 0.29) is 0 Å². The van der Waals surface area contributed by atoms with Crippen LogP contribution in [0.15, 0.2) is 66.7 Å². The number of halogens is 1. The van der Waals surface area contributed by atoms with Gasteiger partial charge in [0.1, 0.15) is 6.61 Å². The van der Waals surface area contributed by atoms with Crippen molar-refractivity contribution >= 4 is 17.3 Å². The number of ether oxygens (including phenoxy) is 2. The fraction of sp³-hybridized carbons (Fsp3) is 0.217. The highest BCUT2D eigenvalue weighted by Crippen LogP contribution is 2.34. The lowest BCUT2D eigenvalue weighted by molar-refractivity contribution is 0.269. The Bertz CT molecular complexity index is 864. The van der Waals surface area contributed by atoms with E-state index in [0.717, 1.165) is 16.8 Å². The molecule has 0 aliphatic carbocycles. The summed E-state index contributed by atoms with van der Waals surface area (Å²) >= 11 is 6.49. The largest absolute Gasteiger partial charge is 0.490 e. The quantitative estimate of drug-likeness (QED) is 0.501. The Hall–Kier alpha value is -2.65. The lowest BCUT2D eigenvalue weighted by Crippen LogP contribution is -2.04. The van der Waals surface area contributed by atoms with Crippen LogP contribution < -0.4 is 14.8 Å². The van der Waals surface area contributed by atoms with Crippen molar-refractivity contribution in [2.45, 2.75) is 27.0 Å².